The third kappa shape index (κ3) is 6.37. The summed E-state index contributed by atoms with van der Waals surface area (Å²) in [5.41, 5.74) is 4.27. The highest BCUT2D eigenvalue weighted by atomic mass is 19.1. The summed E-state index contributed by atoms with van der Waals surface area (Å²) in [5, 5.41) is 9.07. The predicted octanol–water partition coefficient (Wildman–Crippen LogP) is 8.77. The molecule has 0 unspecified atom stereocenters. The Kier molecular flexibility index (Phi) is 9.77. The molecule has 0 aromatic heterocycles. The van der Waals surface area contributed by atoms with Crippen LogP contribution in [0.15, 0.2) is 36.4 Å². The maximum atomic E-state index is 13.6. The first-order chi connectivity index (χ1) is 24.3. The van der Waals surface area contributed by atoms with Gasteiger partial charge in [-0.05, 0) is 158 Å². The highest BCUT2D eigenvalue weighted by Gasteiger charge is 2.59. The minimum atomic E-state index is -0.780. The summed E-state index contributed by atoms with van der Waals surface area (Å²) < 4.78 is 32.0. The second kappa shape index (κ2) is 13.9. The second-order valence-corrected chi connectivity index (χ2v) is 17.1. The van der Waals surface area contributed by atoms with Crippen molar-refractivity contribution in [1.29, 1.82) is 0 Å². The van der Waals surface area contributed by atoms with Crippen molar-refractivity contribution < 1.29 is 37.8 Å². The minimum Gasteiger partial charge on any atom is -0.481 e. The van der Waals surface area contributed by atoms with Gasteiger partial charge < -0.3 is 9.84 Å². The zero-order chi connectivity index (χ0) is 36.2. The molecule has 0 amide bonds. The largest absolute Gasteiger partial charge is 0.481 e. The Hall–Kier alpha value is -3.42. The molecule has 0 spiro atoms. The van der Waals surface area contributed by atoms with Crippen molar-refractivity contribution in [2.45, 2.75) is 116 Å². The standard InChI is InChI=1S/C22H27FO3.C21H25FO3/c1-22-10-9-17-16-7-5-15(23)11-13(16)3-6-18(17)21(22)14(12-19(22)24)4-8-20(25)26-2;1-21-9-8-16-15-6-4-14(22)10-12(15)2-5-17(16)20(21)13(11-18(21)23)3-7-19(24)25/h5,7,11,14,17-18,21H,3-4,6,8-10,12H2,1-2H3;4,6,10,13,16-17,20H,2-3,5,7-9,11H2,1H3,(H,24,25)/t14-,17-,18-,21+,22-;13-,16-,17-,20+,21-/m11/s1. The molecule has 274 valence electrons. The maximum Gasteiger partial charge on any atom is 0.305 e. The van der Waals surface area contributed by atoms with Crippen molar-refractivity contribution >= 4 is 23.5 Å². The van der Waals surface area contributed by atoms with Crippen LogP contribution in [0.5, 0.6) is 0 Å². The Balaban J connectivity index is 0.000000159. The Morgan fingerprint density at radius 1 is 0.745 bits per heavy atom. The number of carboxylic acid groups (broad SMARTS) is 1. The zero-order valence-electron chi connectivity index (χ0n) is 30.2. The number of carbonyl (C=O) groups excluding carboxylic acids is 3. The maximum absolute atomic E-state index is 13.6. The van der Waals surface area contributed by atoms with Crippen LogP contribution in [0.3, 0.4) is 0 Å². The molecule has 8 rings (SSSR count). The van der Waals surface area contributed by atoms with Gasteiger partial charge in [-0.15, -0.1) is 0 Å². The summed E-state index contributed by atoms with van der Waals surface area (Å²) in [4.78, 5) is 48.3. The number of Topliss-reactive ketones (excluding diaryl/α,β-unsaturated/α-hetero) is 2. The van der Waals surface area contributed by atoms with Gasteiger partial charge in [0.05, 0.1) is 7.11 Å². The Bertz CT molecular complexity index is 1720. The van der Waals surface area contributed by atoms with Gasteiger partial charge >= 0.3 is 11.9 Å². The van der Waals surface area contributed by atoms with E-state index in [-0.39, 0.29) is 52.6 Å². The Morgan fingerprint density at radius 2 is 1.20 bits per heavy atom. The number of ketones is 2. The number of methoxy groups -OCH3 is 1. The van der Waals surface area contributed by atoms with Crippen molar-refractivity contribution in [3.63, 3.8) is 0 Å². The van der Waals surface area contributed by atoms with Crippen molar-refractivity contribution in [2.75, 3.05) is 7.11 Å². The Labute approximate surface area is 300 Å². The number of esters is 1. The van der Waals surface area contributed by atoms with E-state index in [1.807, 2.05) is 12.1 Å². The lowest BCUT2D eigenvalue weighted by Gasteiger charge is -2.50. The molecule has 6 aliphatic carbocycles. The van der Waals surface area contributed by atoms with Gasteiger partial charge in [0.1, 0.15) is 23.2 Å². The lowest BCUT2D eigenvalue weighted by Crippen LogP contribution is -2.44. The number of fused-ring (bicyclic) bond motifs is 10. The summed E-state index contributed by atoms with van der Waals surface area (Å²) in [5.74, 6) is 2.14. The third-order valence-electron chi connectivity index (χ3n) is 14.7. The van der Waals surface area contributed by atoms with Crippen molar-refractivity contribution in [1.82, 2.24) is 0 Å². The summed E-state index contributed by atoms with van der Waals surface area (Å²) in [6.45, 7) is 4.26. The zero-order valence-corrected chi connectivity index (χ0v) is 30.2. The molecular weight excluding hydrogens is 650 g/mol. The smallest absolute Gasteiger partial charge is 0.305 e. The van der Waals surface area contributed by atoms with Gasteiger partial charge in [-0.2, -0.15) is 0 Å². The molecular formula is C43H52F2O6. The van der Waals surface area contributed by atoms with E-state index in [9.17, 15) is 28.0 Å². The van der Waals surface area contributed by atoms with Crippen LogP contribution < -0.4 is 0 Å². The molecule has 0 aliphatic heterocycles. The first-order valence-electron chi connectivity index (χ1n) is 19.3. The van der Waals surface area contributed by atoms with Gasteiger partial charge in [0.2, 0.25) is 0 Å². The van der Waals surface area contributed by atoms with Crippen LogP contribution in [0.4, 0.5) is 8.78 Å². The SMILES string of the molecule is COC(=O)CC[C@@H]1CC(=O)[C@@]2(C)CC[C@@H]3c4ccc(F)cc4CC[C@H]3[C@H]12.C[C@]12CC[C@@H]3c4ccc(F)cc4CC[C@H]3[C@@H]1[C@H](CCC(=O)O)CC2=O. The number of carbonyl (C=O) groups is 4. The van der Waals surface area contributed by atoms with E-state index in [0.717, 1.165) is 68.9 Å². The molecule has 6 nitrogen and oxygen atoms in total. The van der Waals surface area contributed by atoms with Gasteiger partial charge in [0.15, 0.2) is 0 Å². The monoisotopic (exact) mass is 702 g/mol. The van der Waals surface area contributed by atoms with Gasteiger partial charge in [0.25, 0.3) is 0 Å². The molecule has 2 aromatic rings. The van der Waals surface area contributed by atoms with Crippen LogP contribution in [0.2, 0.25) is 0 Å². The first-order valence-corrected chi connectivity index (χ1v) is 19.3. The number of hydrogen-bond donors (Lipinski definition) is 1. The predicted molar refractivity (Wildman–Crippen MR) is 188 cm³/mol. The molecule has 2 aromatic carbocycles. The van der Waals surface area contributed by atoms with Crippen LogP contribution in [-0.2, 0) is 36.8 Å². The van der Waals surface area contributed by atoms with Gasteiger partial charge in [-0.25, -0.2) is 8.78 Å². The summed E-state index contributed by atoms with van der Waals surface area (Å²) in [7, 11) is 1.42. The fourth-order valence-electron chi connectivity index (χ4n) is 12.5. The number of ether oxygens (including phenoxy) is 1. The molecule has 0 bridgehead atoms. The Morgan fingerprint density at radius 3 is 1.63 bits per heavy atom. The third-order valence-corrected chi connectivity index (χ3v) is 14.7. The molecule has 4 saturated carbocycles. The molecule has 51 heavy (non-hydrogen) atoms. The minimum absolute atomic E-state index is 0.143. The highest BCUT2D eigenvalue weighted by Crippen LogP contribution is 2.63. The van der Waals surface area contributed by atoms with E-state index in [2.05, 4.69) is 13.8 Å². The number of carboxylic acids is 1. The van der Waals surface area contributed by atoms with Crippen molar-refractivity contribution in [3.8, 4) is 0 Å². The topological polar surface area (TPSA) is 97.7 Å². The number of hydrogen-bond acceptors (Lipinski definition) is 5. The summed E-state index contributed by atoms with van der Waals surface area (Å²) in [6, 6.07) is 10.4. The molecule has 6 aliphatic rings. The molecule has 0 heterocycles. The quantitative estimate of drug-likeness (QED) is 0.303. The average Bonchev–Trinajstić information content (AvgIpc) is 3.53. The van der Waals surface area contributed by atoms with E-state index in [1.54, 1.807) is 24.3 Å². The van der Waals surface area contributed by atoms with Gasteiger partial charge in [-0.1, -0.05) is 26.0 Å². The molecule has 10 atom stereocenters. The van der Waals surface area contributed by atoms with E-state index in [1.165, 1.54) is 18.2 Å². The van der Waals surface area contributed by atoms with E-state index in [0.29, 0.717) is 66.8 Å². The average molecular weight is 703 g/mol. The number of rotatable bonds is 6. The molecule has 0 radical (unpaired) electrons. The first kappa shape index (κ1) is 36.0. The van der Waals surface area contributed by atoms with Crippen LogP contribution in [-0.4, -0.2) is 35.7 Å². The van der Waals surface area contributed by atoms with E-state index in [4.69, 9.17) is 9.84 Å². The number of halogens is 2. The fourth-order valence-corrected chi connectivity index (χ4v) is 12.5. The summed E-state index contributed by atoms with van der Waals surface area (Å²) >= 11 is 0. The fraction of sp³-hybridized carbons (Fsp3) is 0.628. The molecule has 1 N–H and O–H groups in total. The number of benzene rings is 2. The molecule has 4 fully saturated rings. The lowest BCUT2D eigenvalue weighted by molar-refractivity contribution is -0.141. The van der Waals surface area contributed by atoms with Crippen LogP contribution in [0.1, 0.15) is 125 Å². The van der Waals surface area contributed by atoms with Gasteiger partial charge in [0, 0.05) is 36.5 Å². The van der Waals surface area contributed by atoms with Crippen LogP contribution in [0.25, 0.3) is 0 Å². The number of aliphatic carboxylic acids is 1. The van der Waals surface area contributed by atoms with Crippen LogP contribution in [0, 0.1) is 58.0 Å². The lowest BCUT2D eigenvalue weighted by atomic mass is 9.54. The molecule has 8 heteroatoms. The van der Waals surface area contributed by atoms with E-state index >= 15 is 0 Å². The van der Waals surface area contributed by atoms with Gasteiger partial charge in [-0.3, -0.25) is 19.2 Å². The second-order valence-electron chi connectivity index (χ2n) is 17.1. The number of aryl methyl sites for hydroxylation is 2. The van der Waals surface area contributed by atoms with Crippen LogP contribution >= 0.6 is 0 Å². The summed E-state index contributed by atoms with van der Waals surface area (Å²) in [6.07, 6.45) is 10.5. The molecule has 0 saturated heterocycles. The van der Waals surface area contributed by atoms with Crippen molar-refractivity contribution in [3.05, 3.63) is 70.3 Å². The van der Waals surface area contributed by atoms with E-state index < -0.39 is 5.97 Å². The normalized spacial score (nSPS) is 35.9. The van der Waals surface area contributed by atoms with Crippen molar-refractivity contribution in [2.24, 2.45) is 46.3 Å². The highest BCUT2D eigenvalue weighted by molar-refractivity contribution is 5.88.